The second kappa shape index (κ2) is 5.59. The highest BCUT2D eigenvalue weighted by atomic mass is 19.1. The fraction of sp³-hybridized carbons (Fsp3) is 0.267. The molecule has 7 heteroatoms. The van der Waals surface area contributed by atoms with Crippen molar-refractivity contribution in [2.75, 3.05) is 0 Å². The van der Waals surface area contributed by atoms with Crippen molar-refractivity contribution < 1.29 is 14.3 Å². The van der Waals surface area contributed by atoms with E-state index in [1.807, 2.05) is 0 Å². The third kappa shape index (κ3) is 2.57. The summed E-state index contributed by atoms with van der Waals surface area (Å²) in [7, 11) is 0. The Bertz CT molecular complexity index is 789. The van der Waals surface area contributed by atoms with Crippen LogP contribution in [-0.4, -0.2) is 25.4 Å². The van der Waals surface area contributed by atoms with E-state index in [1.165, 1.54) is 22.9 Å². The zero-order valence-corrected chi connectivity index (χ0v) is 11.6. The number of nitrogens with zero attached hydrogens (tertiary/aromatic N) is 3. The van der Waals surface area contributed by atoms with Gasteiger partial charge in [-0.3, -0.25) is 4.57 Å². The first kappa shape index (κ1) is 14.2. The highest BCUT2D eigenvalue weighted by Gasteiger charge is 2.29. The van der Waals surface area contributed by atoms with Crippen LogP contribution in [0.5, 0.6) is 0 Å². The van der Waals surface area contributed by atoms with Gasteiger partial charge in [0, 0.05) is 12.6 Å². The molecule has 1 aromatic carbocycles. The summed E-state index contributed by atoms with van der Waals surface area (Å²) in [5.41, 5.74) is 0.245. The summed E-state index contributed by atoms with van der Waals surface area (Å²) in [5.74, 6) is -0.881. The van der Waals surface area contributed by atoms with E-state index in [1.54, 1.807) is 18.2 Å². The molecular weight excluding hydrogens is 289 g/mol. The number of rotatable bonds is 3. The van der Waals surface area contributed by atoms with Crippen molar-refractivity contribution in [2.24, 2.45) is 0 Å². The summed E-state index contributed by atoms with van der Waals surface area (Å²) in [4.78, 5) is 23.5. The number of aliphatic carboxylic acids is 1. The number of carboxylic acid groups (broad SMARTS) is 1. The first-order valence-electron chi connectivity index (χ1n) is 6.93. The molecule has 0 radical (unpaired) electrons. The van der Waals surface area contributed by atoms with Crippen molar-refractivity contribution in [1.29, 1.82) is 0 Å². The van der Waals surface area contributed by atoms with E-state index in [4.69, 9.17) is 0 Å². The molecule has 6 nitrogen and oxygen atoms in total. The van der Waals surface area contributed by atoms with Crippen LogP contribution in [-0.2, 0) is 11.2 Å². The van der Waals surface area contributed by atoms with Crippen LogP contribution in [0.1, 0.15) is 30.3 Å². The smallest absolute Gasteiger partial charge is 0.350 e. The maximum atomic E-state index is 12.8. The van der Waals surface area contributed by atoms with Gasteiger partial charge in [0.15, 0.2) is 0 Å². The van der Waals surface area contributed by atoms with E-state index in [-0.39, 0.29) is 5.82 Å². The monoisotopic (exact) mass is 303 g/mol. The molecule has 1 aliphatic heterocycles. The van der Waals surface area contributed by atoms with Crippen LogP contribution >= 0.6 is 0 Å². The Kier molecular flexibility index (Phi) is 3.62. The molecule has 0 spiro atoms. The number of carbonyl (C=O) groups is 1. The van der Waals surface area contributed by atoms with Crippen molar-refractivity contribution in [2.45, 2.75) is 25.3 Å². The van der Waals surface area contributed by atoms with Gasteiger partial charge in [0.1, 0.15) is 17.7 Å². The van der Waals surface area contributed by atoms with Gasteiger partial charge in [-0.1, -0.05) is 12.1 Å². The fourth-order valence-corrected chi connectivity index (χ4v) is 2.56. The molecule has 22 heavy (non-hydrogen) atoms. The molecular formula is C15H14FN3O3. The van der Waals surface area contributed by atoms with Gasteiger partial charge in [0.25, 0.3) is 0 Å². The largest absolute Gasteiger partial charge is 0.480 e. The molecule has 2 heterocycles. The number of hydrogen-bond acceptors (Lipinski definition) is 3. The average Bonchev–Trinajstić information content (AvgIpc) is 2.83. The lowest BCUT2D eigenvalue weighted by Gasteiger charge is -2.19. The highest BCUT2D eigenvalue weighted by molar-refractivity contribution is 5.72. The molecule has 3 rings (SSSR count). The number of hydrogen-bond donors (Lipinski definition) is 1. The Balaban J connectivity index is 1.94. The molecule has 114 valence electrons. The summed E-state index contributed by atoms with van der Waals surface area (Å²) >= 11 is 0. The zero-order chi connectivity index (χ0) is 15.7. The summed E-state index contributed by atoms with van der Waals surface area (Å²) in [5, 5.41) is 13.4. The highest BCUT2D eigenvalue weighted by Crippen LogP contribution is 2.21. The van der Waals surface area contributed by atoms with Gasteiger partial charge in [-0.15, -0.1) is 0 Å². The maximum Gasteiger partial charge on any atom is 0.350 e. The first-order chi connectivity index (χ1) is 10.6. The molecule has 1 N–H and O–H groups in total. The molecule has 0 unspecified atom stereocenters. The van der Waals surface area contributed by atoms with E-state index >= 15 is 0 Å². The van der Waals surface area contributed by atoms with E-state index in [0.717, 1.165) is 4.68 Å². The minimum atomic E-state index is -1.02. The summed E-state index contributed by atoms with van der Waals surface area (Å²) in [6.07, 6.45) is 4.77. The second-order valence-electron chi connectivity index (χ2n) is 5.13. The van der Waals surface area contributed by atoms with Gasteiger partial charge in [-0.05, 0) is 36.6 Å². The van der Waals surface area contributed by atoms with Crippen LogP contribution < -0.4 is 5.69 Å². The van der Waals surface area contributed by atoms with Crippen molar-refractivity contribution in [3.8, 4) is 0 Å². The Labute approximate surface area is 125 Å². The van der Waals surface area contributed by atoms with Crippen molar-refractivity contribution in [3.05, 3.63) is 52.0 Å². The van der Waals surface area contributed by atoms with Crippen LogP contribution in [0.4, 0.5) is 4.39 Å². The Morgan fingerprint density at radius 1 is 1.36 bits per heavy atom. The minimum Gasteiger partial charge on any atom is -0.480 e. The molecule has 2 aromatic rings. The second-order valence-corrected chi connectivity index (χ2v) is 5.13. The molecule has 0 saturated carbocycles. The van der Waals surface area contributed by atoms with E-state index in [9.17, 15) is 19.1 Å². The normalized spacial score (nSPS) is 17.6. The Morgan fingerprint density at radius 3 is 2.77 bits per heavy atom. The predicted octanol–water partition coefficient (Wildman–Crippen LogP) is 1.77. The molecule has 1 aliphatic rings. The van der Waals surface area contributed by atoms with Crippen molar-refractivity contribution in [1.82, 2.24) is 14.3 Å². The third-order valence-electron chi connectivity index (χ3n) is 3.66. The lowest BCUT2D eigenvalue weighted by Crippen LogP contribution is -2.33. The summed E-state index contributed by atoms with van der Waals surface area (Å²) < 4.78 is 15.2. The molecule has 1 atom stereocenters. The van der Waals surface area contributed by atoms with Gasteiger partial charge in [0.2, 0.25) is 0 Å². The number of aryl methyl sites for hydroxylation is 1. The van der Waals surface area contributed by atoms with Gasteiger partial charge in [-0.2, -0.15) is 9.78 Å². The lowest BCUT2D eigenvalue weighted by molar-refractivity contribution is -0.141. The average molecular weight is 303 g/mol. The van der Waals surface area contributed by atoms with E-state index < -0.39 is 17.7 Å². The SMILES string of the molecule is O=C(O)[C@@H]1CCCc2nn(/C=C/c3ccc(F)cc3)c(=O)n21. The first-order valence-corrected chi connectivity index (χ1v) is 6.93. The fourth-order valence-electron chi connectivity index (χ4n) is 2.56. The van der Waals surface area contributed by atoms with Crippen molar-refractivity contribution >= 4 is 18.2 Å². The maximum absolute atomic E-state index is 12.8. The van der Waals surface area contributed by atoms with Crippen LogP contribution in [0.2, 0.25) is 0 Å². The number of carboxylic acids is 1. The van der Waals surface area contributed by atoms with E-state index in [0.29, 0.717) is 30.7 Å². The summed E-state index contributed by atoms with van der Waals surface area (Å²) in [6.45, 7) is 0. The lowest BCUT2D eigenvalue weighted by atomic mass is 10.1. The number of benzene rings is 1. The number of halogens is 1. The molecule has 0 saturated heterocycles. The van der Waals surface area contributed by atoms with Crippen LogP contribution in [0.25, 0.3) is 12.3 Å². The van der Waals surface area contributed by atoms with Crippen LogP contribution in [0, 0.1) is 5.82 Å². The Morgan fingerprint density at radius 2 is 2.09 bits per heavy atom. The van der Waals surface area contributed by atoms with E-state index in [2.05, 4.69) is 5.10 Å². The van der Waals surface area contributed by atoms with Crippen molar-refractivity contribution in [3.63, 3.8) is 0 Å². The molecule has 0 aliphatic carbocycles. The molecule has 0 bridgehead atoms. The topological polar surface area (TPSA) is 77.1 Å². The van der Waals surface area contributed by atoms with Gasteiger partial charge < -0.3 is 5.11 Å². The quantitative estimate of drug-likeness (QED) is 0.937. The zero-order valence-electron chi connectivity index (χ0n) is 11.6. The number of fused-ring (bicyclic) bond motifs is 1. The van der Waals surface area contributed by atoms with Crippen LogP contribution in [0.15, 0.2) is 29.1 Å². The number of aromatic nitrogens is 3. The third-order valence-corrected chi connectivity index (χ3v) is 3.66. The van der Waals surface area contributed by atoms with Gasteiger partial charge >= 0.3 is 11.7 Å². The molecule has 0 fully saturated rings. The van der Waals surface area contributed by atoms with Gasteiger partial charge in [-0.25, -0.2) is 14.0 Å². The molecule has 0 amide bonds. The predicted molar refractivity (Wildman–Crippen MR) is 77.7 cm³/mol. The molecule has 1 aromatic heterocycles. The summed E-state index contributed by atoms with van der Waals surface area (Å²) in [6, 6.07) is 4.94. The van der Waals surface area contributed by atoms with Gasteiger partial charge in [0.05, 0.1) is 0 Å². The van der Waals surface area contributed by atoms with Crippen LogP contribution in [0.3, 0.4) is 0 Å². The minimum absolute atomic E-state index is 0.337. The standard InChI is InChI=1S/C15H14FN3O3/c16-11-6-4-10(5-7-11)8-9-18-15(22)19-12(14(20)21)2-1-3-13(19)17-18/h4-9,12H,1-3H2,(H,20,21)/b9-8+/t12-/m0/s1. The Hall–Kier alpha value is -2.70.